The fraction of sp³-hybridized carbons (Fsp3) is 0.600. The standard InChI is InChI=1S/C20H30N4O.HI/c1-21-20(23-18-7-3-4-8-18)22-15-16-9-11-17(12-10-16)19(25)24-13-5-2-6-14-24;/h9-12,18H,2-8,13-15H2,1H3,(H2,21,22,23);1H. The Hall–Kier alpha value is -1.31. The summed E-state index contributed by atoms with van der Waals surface area (Å²) in [5.74, 6) is 1.03. The van der Waals surface area contributed by atoms with Gasteiger partial charge in [0, 0.05) is 38.3 Å². The largest absolute Gasteiger partial charge is 0.354 e. The maximum Gasteiger partial charge on any atom is 0.253 e. The summed E-state index contributed by atoms with van der Waals surface area (Å²) in [5, 5.41) is 6.85. The van der Waals surface area contributed by atoms with Gasteiger partial charge in [-0.05, 0) is 49.8 Å². The molecule has 1 saturated carbocycles. The SMILES string of the molecule is CN=C(NCc1ccc(C(=O)N2CCCCC2)cc1)NC1CCCC1.I. The van der Waals surface area contributed by atoms with Crippen molar-refractivity contribution < 1.29 is 4.79 Å². The van der Waals surface area contributed by atoms with Gasteiger partial charge in [-0.3, -0.25) is 9.79 Å². The summed E-state index contributed by atoms with van der Waals surface area (Å²) in [5.41, 5.74) is 1.95. The first kappa shape index (κ1) is 21.0. The molecule has 2 N–H and O–H groups in total. The highest BCUT2D eigenvalue weighted by Gasteiger charge is 2.18. The van der Waals surface area contributed by atoms with E-state index in [9.17, 15) is 4.79 Å². The molecule has 26 heavy (non-hydrogen) atoms. The summed E-state index contributed by atoms with van der Waals surface area (Å²) in [6.45, 7) is 2.50. The minimum absolute atomic E-state index is 0. The Balaban J connectivity index is 0.00000243. The van der Waals surface area contributed by atoms with E-state index in [1.54, 1.807) is 0 Å². The number of nitrogens with zero attached hydrogens (tertiary/aromatic N) is 2. The highest BCUT2D eigenvalue weighted by Crippen LogP contribution is 2.17. The molecule has 0 radical (unpaired) electrons. The molecule has 0 bridgehead atoms. The maximum absolute atomic E-state index is 12.5. The highest BCUT2D eigenvalue weighted by molar-refractivity contribution is 14.0. The number of guanidine groups is 1. The molecule has 0 atom stereocenters. The number of aliphatic imine (C=N–C) groups is 1. The van der Waals surface area contributed by atoms with Crippen LogP contribution in [0.3, 0.4) is 0 Å². The number of halogens is 1. The van der Waals surface area contributed by atoms with Gasteiger partial charge >= 0.3 is 0 Å². The molecule has 0 spiro atoms. The zero-order chi connectivity index (χ0) is 17.5. The minimum atomic E-state index is 0. The third-order valence-corrected chi connectivity index (χ3v) is 5.22. The van der Waals surface area contributed by atoms with Gasteiger partial charge in [0.1, 0.15) is 0 Å². The molecule has 1 saturated heterocycles. The number of carbonyl (C=O) groups is 1. The molecule has 1 amide bonds. The van der Waals surface area contributed by atoms with Crippen LogP contribution in [0.5, 0.6) is 0 Å². The van der Waals surface area contributed by atoms with Crippen molar-refractivity contribution >= 4 is 35.8 Å². The van der Waals surface area contributed by atoms with Crippen molar-refractivity contribution in [2.24, 2.45) is 4.99 Å². The van der Waals surface area contributed by atoms with E-state index in [-0.39, 0.29) is 29.9 Å². The number of piperidine rings is 1. The third-order valence-electron chi connectivity index (χ3n) is 5.22. The van der Waals surface area contributed by atoms with E-state index < -0.39 is 0 Å². The molecule has 6 heteroatoms. The molecule has 3 rings (SSSR count). The molecule has 1 heterocycles. The van der Waals surface area contributed by atoms with E-state index in [4.69, 9.17) is 0 Å². The van der Waals surface area contributed by atoms with Gasteiger partial charge in [-0.1, -0.05) is 25.0 Å². The van der Waals surface area contributed by atoms with E-state index in [2.05, 4.69) is 15.6 Å². The van der Waals surface area contributed by atoms with Crippen LogP contribution >= 0.6 is 24.0 Å². The Morgan fingerprint density at radius 1 is 1.08 bits per heavy atom. The Morgan fingerprint density at radius 3 is 2.35 bits per heavy atom. The second-order valence-electron chi connectivity index (χ2n) is 7.10. The monoisotopic (exact) mass is 470 g/mol. The quantitative estimate of drug-likeness (QED) is 0.402. The smallest absolute Gasteiger partial charge is 0.253 e. The average Bonchev–Trinajstić information content (AvgIpc) is 3.19. The molecule has 1 aromatic rings. The van der Waals surface area contributed by atoms with E-state index in [0.717, 1.165) is 43.0 Å². The predicted octanol–water partition coefficient (Wildman–Crippen LogP) is 3.54. The molecular weight excluding hydrogens is 439 g/mol. The summed E-state index contributed by atoms with van der Waals surface area (Å²) in [6.07, 6.45) is 8.57. The first-order chi connectivity index (χ1) is 12.3. The van der Waals surface area contributed by atoms with Crippen molar-refractivity contribution in [3.05, 3.63) is 35.4 Å². The number of likely N-dealkylation sites (tertiary alicyclic amines) is 1. The molecule has 2 aliphatic rings. The second-order valence-corrected chi connectivity index (χ2v) is 7.10. The molecule has 0 aromatic heterocycles. The number of hydrogen-bond donors (Lipinski definition) is 2. The fourth-order valence-corrected chi connectivity index (χ4v) is 3.69. The van der Waals surface area contributed by atoms with Crippen molar-refractivity contribution in [2.45, 2.75) is 57.5 Å². The Bertz CT molecular complexity index is 590. The molecular formula is C20H31IN4O. The van der Waals surface area contributed by atoms with E-state index in [0.29, 0.717) is 12.6 Å². The average molecular weight is 470 g/mol. The van der Waals surface area contributed by atoms with Crippen molar-refractivity contribution in [3.63, 3.8) is 0 Å². The van der Waals surface area contributed by atoms with Gasteiger partial charge in [-0.15, -0.1) is 24.0 Å². The number of rotatable bonds is 4. The van der Waals surface area contributed by atoms with Gasteiger partial charge in [0.15, 0.2) is 5.96 Å². The van der Waals surface area contributed by atoms with Crippen LogP contribution in [0.1, 0.15) is 60.9 Å². The van der Waals surface area contributed by atoms with Gasteiger partial charge < -0.3 is 15.5 Å². The predicted molar refractivity (Wildman–Crippen MR) is 117 cm³/mol. The Kier molecular flexibility index (Phi) is 8.68. The van der Waals surface area contributed by atoms with Crippen LogP contribution < -0.4 is 10.6 Å². The number of benzene rings is 1. The summed E-state index contributed by atoms with van der Waals surface area (Å²) >= 11 is 0. The Labute approximate surface area is 174 Å². The molecule has 144 valence electrons. The van der Waals surface area contributed by atoms with Gasteiger partial charge in [0.05, 0.1) is 0 Å². The summed E-state index contributed by atoms with van der Waals surface area (Å²) < 4.78 is 0. The molecule has 1 aromatic carbocycles. The summed E-state index contributed by atoms with van der Waals surface area (Å²) in [6, 6.07) is 8.51. The van der Waals surface area contributed by atoms with E-state index in [1.807, 2.05) is 36.2 Å². The van der Waals surface area contributed by atoms with Crippen molar-refractivity contribution in [2.75, 3.05) is 20.1 Å². The minimum Gasteiger partial charge on any atom is -0.354 e. The van der Waals surface area contributed by atoms with Crippen LogP contribution in [0.15, 0.2) is 29.3 Å². The fourth-order valence-electron chi connectivity index (χ4n) is 3.69. The van der Waals surface area contributed by atoms with E-state index in [1.165, 1.54) is 32.1 Å². The zero-order valence-corrected chi connectivity index (χ0v) is 18.0. The number of amides is 1. The van der Waals surface area contributed by atoms with Crippen molar-refractivity contribution in [1.29, 1.82) is 0 Å². The van der Waals surface area contributed by atoms with Gasteiger partial charge in [0.25, 0.3) is 5.91 Å². The summed E-state index contributed by atoms with van der Waals surface area (Å²) in [4.78, 5) is 18.8. The number of nitrogens with one attached hydrogen (secondary N) is 2. The van der Waals surface area contributed by atoms with Gasteiger partial charge in [0.2, 0.25) is 0 Å². The van der Waals surface area contributed by atoms with Crippen molar-refractivity contribution in [1.82, 2.24) is 15.5 Å². The molecule has 2 fully saturated rings. The Morgan fingerprint density at radius 2 is 1.73 bits per heavy atom. The lowest BCUT2D eigenvalue weighted by atomic mass is 10.1. The van der Waals surface area contributed by atoms with Crippen LogP contribution in [-0.2, 0) is 6.54 Å². The lowest BCUT2D eigenvalue weighted by Gasteiger charge is -2.26. The van der Waals surface area contributed by atoms with Crippen LogP contribution in [0, 0.1) is 0 Å². The highest BCUT2D eigenvalue weighted by atomic mass is 127. The molecule has 0 unspecified atom stereocenters. The van der Waals surface area contributed by atoms with Crippen LogP contribution in [0.25, 0.3) is 0 Å². The van der Waals surface area contributed by atoms with E-state index >= 15 is 0 Å². The third kappa shape index (κ3) is 5.86. The first-order valence-corrected chi connectivity index (χ1v) is 9.61. The zero-order valence-electron chi connectivity index (χ0n) is 15.7. The molecule has 1 aliphatic heterocycles. The van der Waals surface area contributed by atoms with Gasteiger partial charge in [-0.25, -0.2) is 0 Å². The molecule has 5 nitrogen and oxygen atoms in total. The number of carbonyl (C=O) groups excluding carboxylic acids is 1. The van der Waals surface area contributed by atoms with Crippen LogP contribution in [0.2, 0.25) is 0 Å². The first-order valence-electron chi connectivity index (χ1n) is 9.61. The second kappa shape index (κ2) is 10.7. The van der Waals surface area contributed by atoms with Crippen LogP contribution in [0.4, 0.5) is 0 Å². The molecule has 1 aliphatic carbocycles. The summed E-state index contributed by atoms with van der Waals surface area (Å²) in [7, 11) is 1.81. The van der Waals surface area contributed by atoms with Crippen molar-refractivity contribution in [3.8, 4) is 0 Å². The van der Waals surface area contributed by atoms with Gasteiger partial charge in [-0.2, -0.15) is 0 Å². The normalized spacial score (nSPS) is 18.3. The lowest BCUT2D eigenvalue weighted by Crippen LogP contribution is -2.41. The maximum atomic E-state index is 12.5. The number of hydrogen-bond acceptors (Lipinski definition) is 2. The van der Waals surface area contributed by atoms with Crippen LogP contribution in [-0.4, -0.2) is 42.9 Å². The lowest BCUT2D eigenvalue weighted by molar-refractivity contribution is 0.0724. The topological polar surface area (TPSA) is 56.7 Å².